The number of nitrogens with zero attached hydrogens (tertiary/aromatic N) is 4. The first-order chi connectivity index (χ1) is 12.5. The summed E-state index contributed by atoms with van der Waals surface area (Å²) in [5.74, 6) is 0.652. The van der Waals surface area contributed by atoms with Crippen molar-refractivity contribution in [2.24, 2.45) is 5.92 Å². The standard InChI is InChI=1S/C19H30ClN5O2/c1-19(2,23(3)4)18(27)24(5)12-13-8-10-25(11-9-13)17(26)14-6-7-15(21)22-16(14)20/h6-7,13H,8-12H2,1-5H3,(H2,21,22). The third-order valence-corrected chi connectivity index (χ3v) is 5.81. The summed E-state index contributed by atoms with van der Waals surface area (Å²) in [7, 11) is 5.67. The fourth-order valence-electron chi connectivity index (χ4n) is 3.23. The topological polar surface area (TPSA) is 82.8 Å². The third-order valence-electron chi connectivity index (χ3n) is 5.52. The lowest BCUT2D eigenvalue weighted by molar-refractivity contribution is -0.140. The highest BCUT2D eigenvalue weighted by molar-refractivity contribution is 6.32. The number of carbonyl (C=O) groups excluding carboxylic acids is 2. The first-order valence-electron chi connectivity index (χ1n) is 9.18. The highest BCUT2D eigenvalue weighted by Crippen LogP contribution is 2.24. The van der Waals surface area contributed by atoms with Crippen LogP contribution in [-0.2, 0) is 4.79 Å². The van der Waals surface area contributed by atoms with Gasteiger partial charge in [0.1, 0.15) is 11.0 Å². The quantitative estimate of drug-likeness (QED) is 0.770. The van der Waals surface area contributed by atoms with Crippen molar-refractivity contribution < 1.29 is 9.59 Å². The molecule has 150 valence electrons. The Morgan fingerprint density at radius 3 is 2.37 bits per heavy atom. The molecule has 0 radical (unpaired) electrons. The molecule has 0 spiro atoms. The molecule has 1 fully saturated rings. The monoisotopic (exact) mass is 395 g/mol. The first-order valence-corrected chi connectivity index (χ1v) is 9.56. The molecule has 0 unspecified atom stereocenters. The van der Waals surface area contributed by atoms with Gasteiger partial charge in [0.2, 0.25) is 5.91 Å². The number of rotatable bonds is 5. The van der Waals surface area contributed by atoms with Crippen LogP contribution in [0.5, 0.6) is 0 Å². The summed E-state index contributed by atoms with van der Waals surface area (Å²) < 4.78 is 0. The number of nitrogen functional groups attached to an aromatic ring is 1. The number of hydrogen-bond donors (Lipinski definition) is 1. The van der Waals surface area contributed by atoms with Crippen LogP contribution in [0, 0.1) is 5.92 Å². The van der Waals surface area contributed by atoms with Crippen molar-refractivity contribution in [3.05, 3.63) is 22.8 Å². The minimum atomic E-state index is -0.537. The van der Waals surface area contributed by atoms with E-state index >= 15 is 0 Å². The first kappa shape index (κ1) is 21.4. The van der Waals surface area contributed by atoms with Gasteiger partial charge in [-0.15, -0.1) is 0 Å². The maximum atomic E-state index is 12.7. The Labute approximate surface area is 166 Å². The summed E-state index contributed by atoms with van der Waals surface area (Å²) in [6.07, 6.45) is 1.71. The second-order valence-electron chi connectivity index (χ2n) is 7.95. The van der Waals surface area contributed by atoms with Crippen molar-refractivity contribution in [1.82, 2.24) is 19.7 Å². The molecule has 27 heavy (non-hydrogen) atoms. The number of carbonyl (C=O) groups is 2. The molecular weight excluding hydrogens is 366 g/mol. The van der Waals surface area contributed by atoms with Crippen molar-refractivity contribution in [1.29, 1.82) is 0 Å². The van der Waals surface area contributed by atoms with Crippen molar-refractivity contribution in [3.8, 4) is 0 Å². The lowest BCUT2D eigenvalue weighted by Crippen LogP contribution is -2.53. The SMILES string of the molecule is CN(CC1CCN(C(=O)c2ccc(N)nc2Cl)CC1)C(=O)C(C)(C)N(C)C. The van der Waals surface area contributed by atoms with Gasteiger partial charge in [-0.2, -0.15) is 0 Å². The normalized spacial score (nSPS) is 15.9. The van der Waals surface area contributed by atoms with E-state index in [1.54, 1.807) is 17.0 Å². The number of likely N-dealkylation sites (tertiary alicyclic amines) is 1. The fraction of sp³-hybridized carbons (Fsp3) is 0.632. The molecule has 1 aliphatic rings. The van der Waals surface area contributed by atoms with E-state index in [2.05, 4.69) is 4.98 Å². The molecule has 2 rings (SSSR count). The molecule has 2 N–H and O–H groups in total. The second-order valence-corrected chi connectivity index (χ2v) is 8.31. The van der Waals surface area contributed by atoms with Crippen molar-refractivity contribution in [2.75, 3.05) is 46.5 Å². The number of piperidine rings is 1. The molecule has 1 aliphatic heterocycles. The second kappa shape index (κ2) is 8.44. The Bertz CT molecular complexity index is 699. The number of nitrogens with two attached hydrogens (primary N) is 1. The van der Waals surface area contributed by atoms with Crippen LogP contribution in [-0.4, -0.2) is 77.8 Å². The Kier molecular flexibility index (Phi) is 6.70. The Morgan fingerprint density at radius 1 is 1.26 bits per heavy atom. The Balaban J connectivity index is 1.91. The molecule has 2 amide bonds. The smallest absolute Gasteiger partial charge is 0.256 e. The summed E-state index contributed by atoms with van der Waals surface area (Å²) in [6.45, 7) is 5.84. The van der Waals surface area contributed by atoms with E-state index in [0.717, 1.165) is 12.8 Å². The van der Waals surface area contributed by atoms with Crippen LogP contribution >= 0.6 is 11.6 Å². The van der Waals surface area contributed by atoms with Crippen molar-refractivity contribution in [3.63, 3.8) is 0 Å². The van der Waals surface area contributed by atoms with Gasteiger partial charge in [-0.25, -0.2) is 4.98 Å². The van der Waals surface area contributed by atoms with Gasteiger partial charge >= 0.3 is 0 Å². The molecule has 0 aliphatic carbocycles. The van der Waals surface area contributed by atoms with Gasteiger partial charge in [0.15, 0.2) is 0 Å². The molecule has 1 aromatic rings. The maximum absolute atomic E-state index is 12.7. The third kappa shape index (κ3) is 4.90. The number of anilines is 1. The van der Waals surface area contributed by atoms with Crippen LogP contribution in [0.1, 0.15) is 37.0 Å². The Morgan fingerprint density at radius 2 is 1.85 bits per heavy atom. The molecule has 0 atom stereocenters. The van der Waals surface area contributed by atoms with E-state index in [9.17, 15) is 9.59 Å². The Hall–Kier alpha value is -1.86. The molecule has 0 bridgehead atoms. The van der Waals surface area contributed by atoms with Crippen LogP contribution in [0.4, 0.5) is 5.82 Å². The summed E-state index contributed by atoms with van der Waals surface area (Å²) in [6, 6.07) is 3.20. The summed E-state index contributed by atoms with van der Waals surface area (Å²) in [4.78, 5) is 34.8. The minimum Gasteiger partial charge on any atom is -0.384 e. The predicted octanol–water partition coefficient (Wildman–Crippen LogP) is 1.97. The fourth-order valence-corrected chi connectivity index (χ4v) is 3.47. The van der Waals surface area contributed by atoms with Gasteiger partial charge in [-0.1, -0.05) is 11.6 Å². The zero-order valence-corrected chi connectivity index (χ0v) is 17.6. The van der Waals surface area contributed by atoms with E-state index in [0.29, 0.717) is 36.9 Å². The van der Waals surface area contributed by atoms with E-state index < -0.39 is 5.54 Å². The maximum Gasteiger partial charge on any atom is 0.256 e. The number of hydrogen-bond acceptors (Lipinski definition) is 5. The summed E-state index contributed by atoms with van der Waals surface area (Å²) >= 11 is 6.06. The number of likely N-dealkylation sites (N-methyl/N-ethyl adjacent to an activating group) is 2. The van der Waals surface area contributed by atoms with Crippen LogP contribution in [0.25, 0.3) is 0 Å². The zero-order valence-electron chi connectivity index (χ0n) is 16.8. The summed E-state index contributed by atoms with van der Waals surface area (Å²) in [5, 5.41) is 0.137. The zero-order chi connectivity index (χ0) is 20.4. The molecule has 0 aromatic carbocycles. The van der Waals surface area contributed by atoms with Gasteiger partial charge in [0.25, 0.3) is 5.91 Å². The van der Waals surface area contributed by atoms with E-state index in [-0.39, 0.29) is 17.0 Å². The number of pyridine rings is 1. The van der Waals surface area contributed by atoms with Gasteiger partial charge in [-0.05, 0) is 58.8 Å². The molecule has 8 heteroatoms. The molecule has 1 saturated heterocycles. The van der Waals surface area contributed by atoms with Gasteiger partial charge in [0, 0.05) is 26.7 Å². The van der Waals surface area contributed by atoms with E-state index in [4.69, 9.17) is 17.3 Å². The van der Waals surface area contributed by atoms with Crippen molar-refractivity contribution >= 4 is 29.2 Å². The van der Waals surface area contributed by atoms with Crippen LogP contribution in [0.3, 0.4) is 0 Å². The van der Waals surface area contributed by atoms with Crippen LogP contribution in [0.2, 0.25) is 5.15 Å². The number of amides is 2. The average Bonchev–Trinajstić information content (AvgIpc) is 2.61. The highest BCUT2D eigenvalue weighted by Gasteiger charge is 2.34. The lowest BCUT2D eigenvalue weighted by atomic mass is 9.94. The number of aromatic nitrogens is 1. The summed E-state index contributed by atoms with van der Waals surface area (Å²) in [5.41, 5.74) is 5.43. The molecular formula is C19H30ClN5O2. The van der Waals surface area contributed by atoms with E-state index in [1.165, 1.54) is 0 Å². The minimum absolute atomic E-state index is 0.103. The molecule has 1 aromatic heterocycles. The molecule has 2 heterocycles. The largest absolute Gasteiger partial charge is 0.384 e. The van der Waals surface area contributed by atoms with Gasteiger partial charge in [-0.3, -0.25) is 14.5 Å². The van der Waals surface area contributed by atoms with Crippen LogP contribution < -0.4 is 5.73 Å². The van der Waals surface area contributed by atoms with E-state index in [1.807, 2.05) is 44.8 Å². The van der Waals surface area contributed by atoms with Crippen LogP contribution in [0.15, 0.2) is 12.1 Å². The van der Waals surface area contributed by atoms with Gasteiger partial charge in [0.05, 0.1) is 11.1 Å². The molecule has 0 saturated carbocycles. The predicted molar refractivity (Wildman–Crippen MR) is 108 cm³/mol. The van der Waals surface area contributed by atoms with Gasteiger partial charge < -0.3 is 15.5 Å². The average molecular weight is 396 g/mol. The molecule has 7 nitrogen and oxygen atoms in total. The number of halogens is 1. The highest BCUT2D eigenvalue weighted by atomic mass is 35.5. The van der Waals surface area contributed by atoms with Crippen molar-refractivity contribution in [2.45, 2.75) is 32.2 Å². The lowest BCUT2D eigenvalue weighted by Gasteiger charge is -2.38.